The monoisotopic (exact) mass is 253 g/mol. The van der Waals surface area contributed by atoms with E-state index in [-0.39, 0.29) is 11.9 Å². The number of hydrogen-bond acceptors (Lipinski definition) is 1. The van der Waals surface area contributed by atoms with Crippen LogP contribution in [0.4, 0.5) is 0 Å². The molecule has 0 heterocycles. The minimum absolute atomic E-state index is 0.0298. The van der Waals surface area contributed by atoms with Crippen molar-refractivity contribution in [1.29, 1.82) is 0 Å². The number of benzene rings is 1. The summed E-state index contributed by atoms with van der Waals surface area (Å²) in [7, 11) is 0. The Hall–Kier alpha value is -1.02. The molecule has 1 unspecified atom stereocenters. The summed E-state index contributed by atoms with van der Waals surface area (Å²) < 4.78 is 0. The number of rotatable bonds is 6. The van der Waals surface area contributed by atoms with Crippen LogP contribution in [0.15, 0.2) is 24.3 Å². The van der Waals surface area contributed by atoms with Gasteiger partial charge in [0.2, 0.25) is 5.91 Å². The van der Waals surface area contributed by atoms with E-state index in [0.717, 1.165) is 24.8 Å². The molecule has 1 aromatic rings. The Morgan fingerprint density at radius 3 is 2.71 bits per heavy atom. The van der Waals surface area contributed by atoms with E-state index < -0.39 is 0 Å². The second-order valence-corrected chi connectivity index (χ2v) is 4.68. The average molecular weight is 254 g/mol. The molecule has 94 valence electrons. The van der Waals surface area contributed by atoms with Crippen LogP contribution in [0.2, 0.25) is 5.02 Å². The maximum Gasteiger partial charge on any atom is 0.220 e. The van der Waals surface area contributed by atoms with Gasteiger partial charge < -0.3 is 5.32 Å². The highest BCUT2D eigenvalue weighted by atomic mass is 35.5. The first-order chi connectivity index (χ1) is 8.15. The normalized spacial score (nSPS) is 12.2. The lowest BCUT2D eigenvalue weighted by molar-refractivity contribution is -0.121. The minimum Gasteiger partial charge on any atom is -0.350 e. The van der Waals surface area contributed by atoms with E-state index in [1.807, 2.05) is 31.2 Å². The zero-order valence-corrected chi connectivity index (χ0v) is 11.3. The Kier molecular flexibility index (Phi) is 6.06. The van der Waals surface area contributed by atoms with E-state index in [0.29, 0.717) is 11.4 Å². The molecule has 17 heavy (non-hydrogen) atoms. The molecule has 0 aliphatic rings. The van der Waals surface area contributed by atoms with Gasteiger partial charge >= 0.3 is 0 Å². The van der Waals surface area contributed by atoms with E-state index in [9.17, 15) is 4.79 Å². The summed E-state index contributed by atoms with van der Waals surface area (Å²) in [4.78, 5) is 11.7. The molecule has 1 rings (SSSR count). The first-order valence-electron chi connectivity index (χ1n) is 6.19. The quantitative estimate of drug-likeness (QED) is 0.760. The standard InChI is InChI=1S/C14H20ClNO/c1-3-4-5-10-14(17)16-11(2)12-8-6-7-9-13(12)15/h6-9,11H,3-5,10H2,1-2H3,(H,16,17). The van der Waals surface area contributed by atoms with E-state index in [4.69, 9.17) is 11.6 Å². The van der Waals surface area contributed by atoms with Gasteiger partial charge in [0, 0.05) is 11.4 Å². The molecule has 2 nitrogen and oxygen atoms in total. The van der Waals surface area contributed by atoms with Crippen molar-refractivity contribution in [2.75, 3.05) is 0 Å². The molecule has 0 fully saturated rings. The van der Waals surface area contributed by atoms with Crippen LogP contribution in [0.1, 0.15) is 51.1 Å². The summed E-state index contributed by atoms with van der Waals surface area (Å²) in [6.45, 7) is 4.09. The summed E-state index contributed by atoms with van der Waals surface area (Å²) in [5.41, 5.74) is 0.970. The molecule has 1 aromatic carbocycles. The van der Waals surface area contributed by atoms with Crippen molar-refractivity contribution in [2.24, 2.45) is 0 Å². The maximum absolute atomic E-state index is 11.7. The molecule has 1 amide bonds. The molecular formula is C14H20ClNO. The van der Waals surface area contributed by atoms with Gasteiger partial charge in [-0.3, -0.25) is 4.79 Å². The largest absolute Gasteiger partial charge is 0.350 e. The van der Waals surface area contributed by atoms with Gasteiger partial charge in [0.05, 0.1) is 6.04 Å². The predicted octanol–water partition coefficient (Wildman–Crippen LogP) is 4.10. The van der Waals surface area contributed by atoms with Crippen LogP contribution in [0.3, 0.4) is 0 Å². The third kappa shape index (κ3) is 4.78. The summed E-state index contributed by atoms with van der Waals surface area (Å²) in [6.07, 6.45) is 3.79. The number of halogens is 1. The molecule has 0 radical (unpaired) electrons. The van der Waals surface area contributed by atoms with Crippen molar-refractivity contribution >= 4 is 17.5 Å². The molecule has 0 bridgehead atoms. The second-order valence-electron chi connectivity index (χ2n) is 4.27. The molecule has 0 saturated heterocycles. The number of carbonyl (C=O) groups is 1. The topological polar surface area (TPSA) is 29.1 Å². The van der Waals surface area contributed by atoms with Crippen LogP contribution in [0, 0.1) is 0 Å². The Labute approximate surface area is 108 Å². The van der Waals surface area contributed by atoms with Crippen molar-refractivity contribution in [2.45, 2.75) is 45.6 Å². The highest BCUT2D eigenvalue weighted by Gasteiger charge is 2.11. The molecule has 0 aliphatic heterocycles. The number of carbonyl (C=O) groups excluding carboxylic acids is 1. The summed E-state index contributed by atoms with van der Waals surface area (Å²) in [6, 6.07) is 7.58. The van der Waals surface area contributed by atoms with Gasteiger partial charge in [-0.1, -0.05) is 49.6 Å². The van der Waals surface area contributed by atoms with Crippen molar-refractivity contribution < 1.29 is 4.79 Å². The fourth-order valence-corrected chi connectivity index (χ4v) is 2.05. The summed E-state index contributed by atoms with van der Waals surface area (Å²) in [5, 5.41) is 3.68. The van der Waals surface area contributed by atoms with Gasteiger partial charge in [0.1, 0.15) is 0 Å². The zero-order chi connectivity index (χ0) is 12.7. The number of amides is 1. The smallest absolute Gasteiger partial charge is 0.220 e. The third-order valence-electron chi connectivity index (χ3n) is 2.76. The molecule has 0 saturated carbocycles. The minimum atomic E-state index is -0.0298. The van der Waals surface area contributed by atoms with Crippen LogP contribution < -0.4 is 5.32 Å². The van der Waals surface area contributed by atoms with Gasteiger partial charge in [0.25, 0.3) is 0 Å². The molecule has 0 aliphatic carbocycles. The van der Waals surface area contributed by atoms with Gasteiger partial charge in [-0.15, -0.1) is 0 Å². The first kappa shape index (κ1) is 14.0. The van der Waals surface area contributed by atoms with Crippen LogP contribution in [-0.2, 0) is 4.79 Å². The maximum atomic E-state index is 11.7. The number of unbranched alkanes of at least 4 members (excludes halogenated alkanes) is 2. The number of nitrogens with one attached hydrogen (secondary N) is 1. The van der Waals surface area contributed by atoms with Crippen LogP contribution in [-0.4, -0.2) is 5.91 Å². The summed E-state index contributed by atoms with van der Waals surface area (Å²) >= 11 is 6.08. The van der Waals surface area contributed by atoms with E-state index in [1.165, 1.54) is 0 Å². The zero-order valence-electron chi connectivity index (χ0n) is 10.5. The average Bonchev–Trinajstić information content (AvgIpc) is 2.29. The van der Waals surface area contributed by atoms with Crippen molar-refractivity contribution in [3.8, 4) is 0 Å². The van der Waals surface area contributed by atoms with Crippen molar-refractivity contribution in [3.05, 3.63) is 34.9 Å². The van der Waals surface area contributed by atoms with Crippen molar-refractivity contribution in [1.82, 2.24) is 5.32 Å². The van der Waals surface area contributed by atoms with Crippen LogP contribution >= 0.6 is 11.6 Å². The molecule has 0 spiro atoms. The van der Waals surface area contributed by atoms with Crippen LogP contribution in [0.5, 0.6) is 0 Å². The van der Waals surface area contributed by atoms with Crippen molar-refractivity contribution in [3.63, 3.8) is 0 Å². The highest BCUT2D eigenvalue weighted by molar-refractivity contribution is 6.31. The Morgan fingerprint density at radius 2 is 2.06 bits per heavy atom. The lowest BCUT2D eigenvalue weighted by Crippen LogP contribution is -2.26. The lowest BCUT2D eigenvalue weighted by Gasteiger charge is -2.15. The summed E-state index contributed by atoms with van der Waals surface area (Å²) in [5.74, 6) is 0.103. The van der Waals surface area contributed by atoms with Gasteiger partial charge in [-0.25, -0.2) is 0 Å². The fraction of sp³-hybridized carbons (Fsp3) is 0.500. The van der Waals surface area contributed by atoms with E-state index in [1.54, 1.807) is 0 Å². The number of hydrogen-bond donors (Lipinski definition) is 1. The van der Waals surface area contributed by atoms with E-state index >= 15 is 0 Å². The fourth-order valence-electron chi connectivity index (χ4n) is 1.75. The SMILES string of the molecule is CCCCCC(=O)NC(C)c1ccccc1Cl. The third-order valence-corrected chi connectivity index (χ3v) is 3.10. The van der Waals surface area contributed by atoms with Gasteiger partial charge in [-0.05, 0) is 25.0 Å². The van der Waals surface area contributed by atoms with E-state index in [2.05, 4.69) is 12.2 Å². The highest BCUT2D eigenvalue weighted by Crippen LogP contribution is 2.22. The Bertz CT molecular complexity index is 365. The van der Waals surface area contributed by atoms with Gasteiger partial charge in [0.15, 0.2) is 0 Å². The lowest BCUT2D eigenvalue weighted by atomic mass is 10.1. The second kappa shape index (κ2) is 7.33. The first-order valence-corrected chi connectivity index (χ1v) is 6.56. The molecule has 3 heteroatoms. The molecular weight excluding hydrogens is 234 g/mol. The molecule has 1 atom stereocenters. The van der Waals surface area contributed by atoms with Crippen LogP contribution in [0.25, 0.3) is 0 Å². The Morgan fingerprint density at radius 1 is 1.35 bits per heavy atom. The molecule has 0 aromatic heterocycles. The predicted molar refractivity (Wildman–Crippen MR) is 72.2 cm³/mol. The van der Waals surface area contributed by atoms with Gasteiger partial charge in [-0.2, -0.15) is 0 Å². The Balaban J connectivity index is 2.46. The molecule has 1 N–H and O–H groups in total.